The fourth-order valence-corrected chi connectivity index (χ4v) is 2.11. The molecule has 6 nitrogen and oxygen atoms in total. The molecule has 0 radical (unpaired) electrons. The smallest absolute Gasteiger partial charge is 0.273 e. The van der Waals surface area contributed by atoms with Crippen molar-refractivity contribution in [3.05, 3.63) is 55.9 Å². The van der Waals surface area contributed by atoms with Crippen LogP contribution in [-0.4, -0.2) is 10.1 Å². The van der Waals surface area contributed by atoms with Gasteiger partial charge in [-0.2, -0.15) is 0 Å². The van der Waals surface area contributed by atoms with Gasteiger partial charge in [-0.1, -0.05) is 21.1 Å². The molecule has 1 N–H and O–H groups in total. The molecule has 0 unspecified atom stereocenters. The average molecular weight is 326 g/mol. The Kier molecular flexibility index (Phi) is 4.28. The molecule has 1 heterocycles. The Hall–Kier alpha value is -1.73. The number of nitro groups is 1. The van der Waals surface area contributed by atoms with Gasteiger partial charge in [0.2, 0.25) is 0 Å². The van der Waals surface area contributed by atoms with Crippen LogP contribution in [0.3, 0.4) is 0 Å². The predicted octanol–water partition coefficient (Wildman–Crippen LogP) is 2.94. The maximum atomic E-state index is 10.9. The molecule has 0 aliphatic rings. The normalized spacial score (nSPS) is 10.6. The molecule has 0 saturated carbocycles. The van der Waals surface area contributed by atoms with Crippen LogP contribution in [0, 0.1) is 17.0 Å². The van der Waals surface area contributed by atoms with Crippen molar-refractivity contribution >= 4 is 21.6 Å². The highest BCUT2D eigenvalue weighted by Crippen LogP contribution is 2.22. The van der Waals surface area contributed by atoms with Crippen molar-refractivity contribution in [2.45, 2.75) is 20.0 Å². The zero-order valence-corrected chi connectivity index (χ0v) is 11.8. The molecule has 0 aliphatic heterocycles. The third-order valence-corrected chi connectivity index (χ3v) is 3.03. The Balaban J connectivity index is 2.02. The third kappa shape index (κ3) is 3.62. The van der Waals surface area contributed by atoms with Gasteiger partial charge in [0.05, 0.1) is 10.6 Å². The largest absolute Gasteiger partial charge is 0.361 e. The summed E-state index contributed by atoms with van der Waals surface area (Å²) in [5, 5.41) is 17.9. The summed E-state index contributed by atoms with van der Waals surface area (Å²) in [5.41, 5.74) is 1.50. The van der Waals surface area contributed by atoms with Gasteiger partial charge in [-0.15, -0.1) is 0 Å². The Bertz CT molecular complexity index is 598. The number of nitrogens with one attached hydrogen (secondary N) is 1. The van der Waals surface area contributed by atoms with Gasteiger partial charge in [0, 0.05) is 35.3 Å². The van der Waals surface area contributed by atoms with Gasteiger partial charge in [0.1, 0.15) is 5.76 Å². The quantitative estimate of drug-likeness (QED) is 0.675. The summed E-state index contributed by atoms with van der Waals surface area (Å²) in [5.74, 6) is 0.741. The summed E-state index contributed by atoms with van der Waals surface area (Å²) in [6.07, 6.45) is 0. The van der Waals surface area contributed by atoms with Gasteiger partial charge in [-0.05, 0) is 19.1 Å². The number of aromatic nitrogens is 1. The Morgan fingerprint density at radius 2 is 2.21 bits per heavy atom. The fraction of sp³-hybridized carbons (Fsp3) is 0.250. The molecular formula is C12H12BrN3O3. The average Bonchev–Trinajstić information content (AvgIpc) is 2.75. The van der Waals surface area contributed by atoms with Crippen molar-refractivity contribution in [1.82, 2.24) is 10.5 Å². The molecule has 1 aromatic carbocycles. The number of rotatable bonds is 5. The van der Waals surface area contributed by atoms with Crippen LogP contribution in [-0.2, 0) is 13.1 Å². The first-order valence-electron chi connectivity index (χ1n) is 5.62. The molecule has 0 atom stereocenters. The van der Waals surface area contributed by atoms with E-state index in [1.165, 1.54) is 6.07 Å². The second-order valence-corrected chi connectivity index (χ2v) is 4.98. The summed E-state index contributed by atoms with van der Waals surface area (Å²) < 4.78 is 5.75. The van der Waals surface area contributed by atoms with Crippen molar-refractivity contribution in [1.29, 1.82) is 0 Å². The van der Waals surface area contributed by atoms with Crippen LogP contribution in [0.4, 0.5) is 5.69 Å². The third-order valence-electron chi connectivity index (χ3n) is 2.54. The molecule has 0 aliphatic carbocycles. The molecule has 100 valence electrons. The van der Waals surface area contributed by atoms with Crippen molar-refractivity contribution < 1.29 is 9.45 Å². The van der Waals surface area contributed by atoms with Gasteiger partial charge in [-0.25, -0.2) is 0 Å². The van der Waals surface area contributed by atoms with Crippen molar-refractivity contribution in [3.63, 3.8) is 0 Å². The second-order valence-electron chi connectivity index (χ2n) is 4.06. The predicted molar refractivity (Wildman–Crippen MR) is 72.6 cm³/mol. The molecule has 0 amide bonds. The Morgan fingerprint density at radius 3 is 2.84 bits per heavy atom. The lowest BCUT2D eigenvalue weighted by Gasteiger charge is -2.04. The molecule has 0 saturated heterocycles. The molecule has 2 aromatic rings. The van der Waals surface area contributed by atoms with Crippen LogP contribution in [0.1, 0.15) is 17.0 Å². The lowest BCUT2D eigenvalue weighted by Crippen LogP contribution is -2.14. The van der Waals surface area contributed by atoms with E-state index in [-0.39, 0.29) is 10.6 Å². The van der Waals surface area contributed by atoms with Gasteiger partial charge >= 0.3 is 0 Å². The van der Waals surface area contributed by atoms with E-state index in [1.807, 2.05) is 13.0 Å². The van der Waals surface area contributed by atoms with E-state index < -0.39 is 0 Å². The van der Waals surface area contributed by atoms with Crippen molar-refractivity contribution in [2.24, 2.45) is 0 Å². The first-order valence-corrected chi connectivity index (χ1v) is 6.41. The highest BCUT2D eigenvalue weighted by atomic mass is 79.9. The molecule has 2 rings (SSSR count). The lowest BCUT2D eigenvalue weighted by atomic mass is 10.2. The summed E-state index contributed by atoms with van der Waals surface area (Å²) in [4.78, 5) is 10.5. The molecule has 0 spiro atoms. The SMILES string of the molecule is Cc1cc(CNCc2cc(Br)ccc2[N+](=O)[O-])no1. The minimum Gasteiger partial charge on any atom is -0.361 e. The highest BCUT2D eigenvalue weighted by molar-refractivity contribution is 9.10. The van der Waals surface area contributed by atoms with E-state index in [4.69, 9.17) is 4.52 Å². The van der Waals surface area contributed by atoms with Gasteiger partial charge in [0.25, 0.3) is 5.69 Å². The summed E-state index contributed by atoms with van der Waals surface area (Å²) >= 11 is 3.31. The van der Waals surface area contributed by atoms with E-state index >= 15 is 0 Å². The van der Waals surface area contributed by atoms with E-state index in [1.54, 1.807) is 12.1 Å². The standard InChI is InChI=1S/C12H12BrN3O3/c1-8-4-11(15-19-8)7-14-6-9-5-10(13)2-3-12(9)16(17)18/h2-5,14H,6-7H2,1H3. The first kappa shape index (κ1) is 13.7. The maximum Gasteiger partial charge on any atom is 0.273 e. The molecule has 7 heteroatoms. The van der Waals surface area contributed by atoms with E-state index in [2.05, 4.69) is 26.4 Å². The van der Waals surface area contributed by atoms with Gasteiger partial charge in [0.15, 0.2) is 0 Å². The molecular weight excluding hydrogens is 314 g/mol. The monoisotopic (exact) mass is 325 g/mol. The Labute approximate surface area is 118 Å². The number of halogens is 1. The summed E-state index contributed by atoms with van der Waals surface area (Å²) in [6.45, 7) is 2.71. The number of hydrogen-bond donors (Lipinski definition) is 1. The van der Waals surface area contributed by atoms with Crippen LogP contribution in [0.5, 0.6) is 0 Å². The zero-order valence-electron chi connectivity index (χ0n) is 10.2. The van der Waals surface area contributed by atoms with Crippen molar-refractivity contribution in [2.75, 3.05) is 0 Å². The minimum atomic E-state index is -0.385. The van der Waals surface area contributed by atoms with Crippen LogP contribution in [0.25, 0.3) is 0 Å². The van der Waals surface area contributed by atoms with E-state index in [0.717, 1.165) is 15.9 Å². The summed E-state index contributed by atoms with van der Waals surface area (Å²) in [7, 11) is 0. The van der Waals surface area contributed by atoms with Crippen molar-refractivity contribution in [3.8, 4) is 0 Å². The van der Waals surface area contributed by atoms with Crippen LogP contribution >= 0.6 is 15.9 Å². The number of hydrogen-bond acceptors (Lipinski definition) is 5. The molecule has 0 fully saturated rings. The molecule has 19 heavy (non-hydrogen) atoms. The van der Waals surface area contributed by atoms with E-state index in [9.17, 15) is 10.1 Å². The van der Waals surface area contributed by atoms with Gasteiger partial charge < -0.3 is 9.84 Å². The van der Waals surface area contributed by atoms with Crippen LogP contribution in [0.15, 0.2) is 33.3 Å². The number of nitrogens with zero attached hydrogens (tertiary/aromatic N) is 2. The highest BCUT2D eigenvalue weighted by Gasteiger charge is 2.13. The maximum absolute atomic E-state index is 10.9. The van der Waals surface area contributed by atoms with E-state index in [0.29, 0.717) is 18.7 Å². The number of benzene rings is 1. The molecule has 1 aromatic heterocycles. The first-order chi connectivity index (χ1) is 9.06. The van der Waals surface area contributed by atoms with Gasteiger partial charge in [-0.3, -0.25) is 10.1 Å². The Morgan fingerprint density at radius 1 is 1.42 bits per heavy atom. The molecule has 0 bridgehead atoms. The van der Waals surface area contributed by atoms with Crippen LogP contribution in [0.2, 0.25) is 0 Å². The number of nitro benzene ring substituents is 1. The fourth-order valence-electron chi connectivity index (χ4n) is 1.70. The summed E-state index contributed by atoms with van der Waals surface area (Å²) in [6, 6.07) is 6.70. The lowest BCUT2D eigenvalue weighted by molar-refractivity contribution is -0.385. The second kappa shape index (κ2) is 5.94. The van der Waals surface area contributed by atoms with Crippen LogP contribution < -0.4 is 5.32 Å². The number of aryl methyl sites for hydroxylation is 1. The topological polar surface area (TPSA) is 81.2 Å². The minimum absolute atomic E-state index is 0.104. The zero-order chi connectivity index (χ0) is 13.8.